The summed E-state index contributed by atoms with van der Waals surface area (Å²) in [5, 5.41) is 12.5. The number of likely N-dealkylation sites (tertiary alicyclic amines) is 1. The van der Waals surface area contributed by atoms with Crippen LogP contribution in [-0.2, 0) is 0 Å². The van der Waals surface area contributed by atoms with Gasteiger partial charge in [0, 0.05) is 30.4 Å². The highest BCUT2D eigenvalue weighted by molar-refractivity contribution is 5.81. The van der Waals surface area contributed by atoms with Crippen molar-refractivity contribution in [3.05, 3.63) is 41.8 Å². The lowest BCUT2D eigenvalue weighted by Gasteiger charge is -2.30. The van der Waals surface area contributed by atoms with Crippen molar-refractivity contribution in [2.45, 2.75) is 37.6 Å². The second kappa shape index (κ2) is 7.30. The van der Waals surface area contributed by atoms with Crippen molar-refractivity contribution >= 4 is 11.5 Å². The Balaban J connectivity index is 1.57. The molecule has 5 rings (SSSR count). The summed E-state index contributed by atoms with van der Waals surface area (Å²) in [5.41, 5.74) is 2.96. The van der Waals surface area contributed by atoms with Crippen LogP contribution in [0.4, 0.5) is 10.3 Å². The molecule has 1 unspecified atom stereocenters. The number of piperidine rings is 1. The van der Waals surface area contributed by atoms with Crippen LogP contribution < -0.4 is 10.1 Å². The number of hydrogen-bond donors (Lipinski definition) is 1. The van der Waals surface area contributed by atoms with Gasteiger partial charge in [-0.2, -0.15) is 0 Å². The molecule has 0 radical (unpaired) electrons. The van der Waals surface area contributed by atoms with Gasteiger partial charge in [0.2, 0.25) is 5.95 Å². The van der Waals surface area contributed by atoms with Gasteiger partial charge in [0.1, 0.15) is 17.3 Å². The van der Waals surface area contributed by atoms with Gasteiger partial charge in [-0.05, 0) is 69.0 Å². The maximum absolute atomic E-state index is 15.1. The van der Waals surface area contributed by atoms with E-state index in [2.05, 4.69) is 27.5 Å². The molecule has 29 heavy (non-hydrogen) atoms. The number of ether oxygens (including phenoxy) is 1. The fourth-order valence-corrected chi connectivity index (χ4v) is 4.38. The van der Waals surface area contributed by atoms with Gasteiger partial charge in [0.05, 0.1) is 12.6 Å². The molecule has 3 heterocycles. The van der Waals surface area contributed by atoms with E-state index in [1.807, 2.05) is 28.8 Å². The highest BCUT2D eigenvalue weighted by Gasteiger charge is 2.30. The summed E-state index contributed by atoms with van der Waals surface area (Å²) in [6.07, 6.45) is 6.37. The monoisotopic (exact) mass is 395 g/mol. The number of nitrogens with one attached hydrogen (secondary N) is 1. The first-order valence-corrected chi connectivity index (χ1v) is 10.3. The average Bonchev–Trinajstić information content (AvgIpc) is 3.44. The smallest absolute Gasteiger partial charge is 0.228 e. The van der Waals surface area contributed by atoms with Crippen molar-refractivity contribution in [1.29, 1.82) is 0 Å². The number of fused-ring (bicyclic) bond motifs is 1. The van der Waals surface area contributed by atoms with Gasteiger partial charge in [0.25, 0.3) is 0 Å². The molecule has 1 aliphatic carbocycles. The lowest BCUT2D eigenvalue weighted by molar-refractivity contribution is 0.260. The van der Waals surface area contributed by atoms with E-state index in [4.69, 9.17) is 4.74 Å². The average molecular weight is 395 g/mol. The number of rotatable bonds is 5. The van der Waals surface area contributed by atoms with Crippen LogP contribution >= 0.6 is 0 Å². The number of likely N-dealkylation sites (N-methyl/N-ethyl adjacent to an activating group) is 1. The first-order valence-electron chi connectivity index (χ1n) is 10.3. The number of nitrogens with zero attached hydrogens (tertiary/aromatic N) is 4. The summed E-state index contributed by atoms with van der Waals surface area (Å²) in [7, 11) is 3.71. The predicted octanol–water partition coefficient (Wildman–Crippen LogP) is 3.93. The standard InChI is InChI=1S/C22H26FN5O/c1-27-9-3-5-15(13-27)24-22-26-25-21(19-6-4-10-28(19)22)20-17(14-7-8-14)11-16(29-2)12-18(20)23/h4,6,10-12,14-15H,3,5,7-9,13H2,1-2H3,(H,24,26). The van der Waals surface area contributed by atoms with Crippen molar-refractivity contribution in [1.82, 2.24) is 19.5 Å². The lowest BCUT2D eigenvalue weighted by atomic mass is 9.98. The molecule has 0 bridgehead atoms. The van der Waals surface area contributed by atoms with Crippen LogP contribution in [0.2, 0.25) is 0 Å². The van der Waals surface area contributed by atoms with Crippen LogP contribution in [0.15, 0.2) is 30.5 Å². The molecule has 1 aromatic carbocycles. The van der Waals surface area contributed by atoms with Crippen molar-refractivity contribution < 1.29 is 9.13 Å². The summed E-state index contributed by atoms with van der Waals surface area (Å²) >= 11 is 0. The molecular weight excluding hydrogens is 369 g/mol. The van der Waals surface area contributed by atoms with Crippen LogP contribution in [0.25, 0.3) is 16.8 Å². The lowest BCUT2D eigenvalue weighted by Crippen LogP contribution is -2.40. The van der Waals surface area contributed by atoms with Gasteiger partial charge in [-0.25, -0.2) is 4.39 Å². The SMILES string of the molecule is COc1cc(F)c(-c2nnc(NC3CCCN(C)C3)n3cccc23)c(C2CC2)c1. The molecule has 0 spiro atoms. The van der Waals surface area contributed by atoms with Gasteiger partial charge in [-0.15, -0.1) is 10.2 Å². The third-order valence-corrected chi connectivity index (χ3v) is 6.01. The van der Waals surface area contributed by atoms with E-state index in [-0.39, 0.29) is 5.82 Å². The predicted molar refractivity (Wildman–Crippen MR) is 111 cm³/mol. The van der Waals surface area contributed by atoms with Crippen molar-refractivity contribution in [3.8, 4) is 17.0 Å². The molecule has 2 aliphatic rings. The molecule has 2 aromatic heterocycles. The third kappa shape index (κ3) is 3.44. The molecule has 1 saturated carbocycles. The van der Waals surface area contributed by atoms with Crippen LogP contribution in [-0.4, -0.2) is 52.8 Å². The van der Waals surface area contributed by atoms with Gasteiger partial charge >= 0.3 is 0 Å². The molecule has 1 saturated heterocycles. The van der Waals surface area contributed by atoms with Crippen molar-refractivity contribution in [3.63, 3.8) is 0 Å². The van der Waals surface area contributed by atoms with Crippen LogP contribution in [0.1, 0.15) is 37.2 Å². The van der Waals surface area contributed by atoms with E-state index in [0.29, 0.717) is 34.9 Å². The fraction of sp³-hybridized carbons (Fsp3) is 0.455. The summed E-state index contributed by atoms with van der Waals surface area (Å²) in [4.78, 5) is 2.32. The Kier molecular flexibility index (Phi) is 4.62. The number of methoxy groups -OCH3 is 1. The van der Waals surface area contributed by atoms with Gasteiger partial charge in [-0.3, -0.25) is 4.40 Å². The molecule has 1 aliphatic heterocycles. The highest BCUT2D eigenvalue weighted by Crippen LogP contribution is 2.47. The van der Waals surface area contributed by atoms with Gasteiger partial charge in [0.15, 0.2) is 0 Å². The molecule has 0 amide bonds. The molecule has 6 nitrogen and oxygen atoms in total. The van der Waals surface area contributed by atoms with Crippen LogP contribution in [0, 0.1) is 5.82 Å². The van der Waals surface area contributed by atoms with Gasteiger partial charge < -0.3 is 15.0 Å². The second-order valence-electron chi connectivity index (χ2n) is 8.23. The number of aromatic nitrogens is 3. The third-order valence-electron chi connectivity index (χ3n) is 6.01. The topological polar surface area (TPSA) is 54.7 Å². The van der Waals surface area contributed by atoms with E-state index in [1.165, 1.54) is 6.07 Å². The summed E-state index contributed by atoms with van der Waals surface area (Å²) in [6.45, 7) is 2.10. The zero-order valence-electron chi connectivity index (χ0n) is 16.9. The Labute approximate surface area is 169 Å². The van der Waals surface area contributed by atoms with E-state index in [0.717, 1.165) is 49.9 Å². The first kappa shape index (κ1) is 18.4. The van der Waals surface area contributed by atoms with Gasteiger partial charge in [-0.1, -0.05) is 0 Å². The van der Waals surface area contributed by atoms with E-state index < -0.39 is 0 Å². The Morgan fingerprint density at radius 3 is 2.83 bits per heavy atom. The first-order chi connectivity index (χ1) is 14.1. The number of anilines is 1. The second-order valence-corrected chi connectivity index (χ2v) is 8.23. The Hall–Kier alpha value is -2.67. The number of benzene rings is 1. The van der Waals surface area contributed by atoms with E-state index >= 15 is 4.39 Å². The molecular formula is C22H26FN5O. The summed E-state index contributed by atoms with van der Waals surface area (Å²) in [5.74, 6) is 1.31. The van der Waals surface area contributed by atoms with Crippen molar-refractivity contribution in [2.24, 2.45) is 0 Å². The summed E-state index contributed by atoms with van der Waals surface area (Å²) < 4.78 is 22.4. The Bertz CT molecular complexity index is 1050. The highest BCUT2D eigenvalue weighted by atomic mass is 19.1. The molecule has 3 aromatic rings. The minimum Gasteiger partial charge on any atom is -0.497 e. The minimum atomic E-state index is -0.307. The van der Waals surface area contributed by atoms with Crippen molar-refractivity contribution in [2.75, 3.05) is 32.6 Å². The molecule has 7 heteroatoms. The van der Waals surface area contributed by atoms with E-state index in [9.17, 15) is 0 Å². The zero-order valence-corrected chi connectivity index (χ0v) is 16.9. The largest absolute Gasteiger partial charge is 0.497 e. The number of hydrogen-bond acceptors (Lipinski definition) is 5. The van der Waals surface area contributed by atoms with Crippen LogP contribution in [0.3, 0.4) is 0 Å². The maximum atomic E-state index is 15.1. The van der Waals surface area contributed by atoms with E-state index in [1.54, 1.807) is 7.11 Å². The minimum absolute atomic E-state index is 0.307. The summed E-state index contributed by atoms with van der Waals surface area (Å²) in [6, 6.07) is 7.65. The Morgan fingerprint density at radius 2 is 2.07 bits per heavy atom. The molecule has 2 fully saturated rings. The molecule has 1 N–H and O–H groups in total. The van der Waals surface area contributed by atoms with Crippen LogP contribution in [0.5, 0.6) is 5.75 Å². The molecule has 1 atom stereocenters. The number of halogens is 1. The zero-order chi connectivity index (χ0) is 20.0. The molecule has 152 valence electrons. The normalized spacial score (nSPS) is 20.2. The maximum Gasteiger partial charge on any atom is 0.228 e. The fourth-order valence-electron chi connectivity index (χ4n) is 4.38. The Morgan fingerprint density at radius 1 is 1.21 bits per heavy atom. The quantitative estimate of drug-likeness (QED) is 0.710.